The molecule has 0 saturated carbocycles. The van der Waals surface area contributed by atoms with E-state index in [4.69, 9.17) is 10.2 Å². The van der Waals surface area contributed by atoms with E-state index in [2.05, 4.69) is 5.43 Å². The Labute approximate surface area is 53.4 Å². The third kappa shape index (κ3) is 2.01. The van der Waals surface area contributed by atoms with Gasteiger partial charge in [-0.3, -0.25) is 0 Å². The molecule has 1 aliphatic rings. The third-order valence-corrected chi connectivity index (χ3v) is 1.06. The van der Waals surface area contributed by atoms with Crippen molar-refractivity contribution in [2.24, 2.45) is 0 Å². The topological polar surface area (TPSA) is 55.7 Å². The average Bonchev–Trinajstić information content (AvgIpc) is 2.15. The molecule has 0 amide bonds. The molecule has 0 saturated heterocycles. The van der Waals surface area contributed by atoms with Gasteiger partial charge in [0.1, 0.15) is 0 Å². The maximum atomic E-state index is 8.45. The molecule has 0 bridgehead atoms. The number of nitrogens with zero attached hydrogens (tertiary/aromatic N) is 1. The molecule has 0 atom stereocenters. The third-order valence-electron chi connectivity index (χ3n) is 1.06. The Morgan fingerprint density at radius 1 is 1.67 bits per heavy atom. The lowest BCUT2D eigenvalue weighted by Crippen LogP contribution is -2.35. The van der Waals surface area contributed by atoms with Gasteiger partial charge in [0.25, 0.3) is 0 Å². The van der Waals surface area contributed by atoms with E-state index in [0.717, 1.165) is 6.54 Å². The van der Waals surface area contributed by atoms with E-state index in [1.807, 2.05) is 6.08 Å². The van der Waals surface area contributed by atoms with E-state index in [0.29, 0.717) is 0 Å². The van der Waals surface area contributed by atoms with Crippen LogP contribution in [0.3, 0.4) is 0 Å². The van der Waals surface area contributed by atoms with Gasteiger partial charge in [-0.2, -0.15) is 0 Å². The van der Waals surface area contributed by atoms with Crippen LogP contribution in [0.25, 0.3) is 0 Å². The van der Waals surface area contributed by atoms with Gasteiger partial charge in [-0.25, -0.2) is 5.43 Å². The molecule has 0 fully saturated rings. The maximum Gasteiger partial charge on any atom is 0.170 e. The van der Waals surface area contributed by atoms with Gasteiger partial charge in [0, 0.05) is 12.7 Å². The number of aliphatic hydroxyl groups excluding tert-OH is 1. The summed E-state index contributed by atoms with van der Waals surface area (Å²) in [6.07, 6.45) is 2.42. The number of hydrogen-bond donors (Lipinski definition) is 3. The van der Waals surface area contributed by atoms with Crippen molar-refractivity contribution < 1.29 is 10.2 Å². The predicted octanol–water partition coefficient (Wildman–Crippen LogP) is -1.37. The fourth-order valence-corrected chi connectivity index (χ4v) is 0.704. The molecule has 3 N–H and O–H groups in total. The normalized spacial score (nSPS) is 17.9. The fourth-order valence-electron chi connectivity index (χ4n) is 0.704. The first-order valence-electron chi connectivity index (χ1n) is 2.82. The van der Waals surface area contributed by atoms with Crippen LogP contribution in [-0.2, 0) is 0 Å². The Bertz CT molecular complexity index is 114. The summed E-state index contributed by atoms with van der Waals surface area (Å²) in [5, 5.41) is 18.5. The van der Waals surface area contributed by atoms with E-state index < -0.39 is 6.29 Å². The highest BCUT2D eigenvalue weighted by molar-refractivity contribution is 4.89. The van der Waals surface area contributed by atoms with Crippen LogP contribution in [0.15, 0.2) is 12.3 Å². The van der Waals surface area contributed by atoms with Crippen molar-refractivity contribution in [2.75, 3.05) is 13.1 Å². The Balaban J connectivity index is 2.20. The second-order valence-electron chi connectivity index (χ2n) is 1.88. The van der Waals surface area contributed by atoms with Crippen LogP contribution in [0.4, 0.5) is 0 Å². The molecule has 1 rings (SSSR count). The largest absolute Gasteiger partial charge is 0.367 e. The molecule has 52 valence electrons. The van der Waals surface area contributed by atoms with Crippen molar-refractivity contribution in [1.82, 2.24) is 10.4 Å². The van der Waals surface area contributed by atoms with Crippen molar-refractivity contribution >= 4 is 0 Å². The smallest absolute Gasteiger partial charge is 0.170 e. The summed E-state index contributed by atoms with van der Waals surface area (Å²) in [5.74, 6) is 0. The van der Waals surface area contributed by atoms with Crippen LogP contribution >= 0.6 is 0 Å². The minimum atomic E-state index is -1.26. The van der Waals surface area contributed by atoms with Gasteiger partial charge in [0.05, 0.1) is 6.54 Å². The van der Waals surface area contributed by atoms with Crippen LogP contribution in [-0.4, -0.2) is 34.6 Å². The van der Waals surface area contributed by atoms with Crippen molar-refractivity contribution in [3.63, 3.8) is 0 Å². The van der Waals surface area contributed by atoms with Gasteiger partial charge in [-0.1, -0.05) is 6.08 Å². The zero-order chi connectivity index (χ0) is 6.69. The predicted molar refractivity (Wildman–Crippen MR) is 32.1 cm³/mol. The zero-order valence-electron chi connectivity index (χ0n) is 4.99. The molecular formula is C5H10N2O2. The zero-order valence-corrected chi connectivity index (χ0v) is 4.99. The van der Waals surface area contributed by atoms with E-state index in [1.165, 1.54) is 0 Å². The quantitative estimate of drug-likeness (QED) is 0.404. The van der Waals surface area contributed by atoms with Gasteiger partial charge in [0.2, 0.25) is 0 Å². The molecule has 0 radical (unpaired) electrons. The fraction of sp³-hybridized carbons (Fsp3) is 0.600. The van der Waals surface area contributed by atoms with Crippen LogP contribution < -0.4 is 5.43 Å². The summed E-state index contributed by atoms with van der Waals surface area (Å²) in [4.78, 5) is 0. The summed E-state index contributed by atoms with van der Waals surface area (Å²) >= 11 is 0. The van der Waals surface area contributed by atoms with E-state index in [1.54, 1.807) is 11.2 Å². The first-order chi connectivity index (χ1) is 4.29. The lowest BCUT2D eigenvalue weighted by Gasteiger charge is -2.16. The first kappa shape index (κ1) is 6.54. The van der Waals surface area contributed by atoms with Gasteiger partial charge < -0.3 is 15.2 Å². The van der Waals surface area contributed by atoms with Gasteiger partial charge in [-0.15, -0.1) is 0 Å². The minimum absolute atomic E-state index is 0.219. The number of hydrazine groups is 1. The van der Waals surface area contributed by atoms with Gasteiger partial charge >= 0.3 is 0 Å². The second-order valence-corrected chi connectivity index (χ2v) is 1.88. The summed E-state index contributed by atoms with van der Waals surface area (Å²) in [5.41, 5.74) is 2.89. The Morgan fingerprint density at radius 2 is 2.44 bits per heavy atom. The van der Waals surface area contributed by atoms with E-state index >= 15 is 0 Å². The SMILES string of the molecule is OC(O)CN1C=CCN1. The lowest BCUT2D eigenvalue weighted by molar-refractivity contribution is -0.0589. The molecule has 0 spiro atoms. The summed E-state index contributed by atoms with van der Waals surface area (Å²) in [6.45, 7) is 0.989. The number of hydrogen-bond acceptors (Lipinski definition) is 4. The monoisotopic (exact) mass is 130 g/mol. The molecule has 9 heavy (non-hydrogen) atoms. The standard InChI is InChI=1S/C5H10N2O2/c8-5(9)4-7-3-1-2-6-7/h1,3,5-6,8-9H,2,4H2. The van der Waals surface area contributed by atoms with Crippen LogP contribution in [0.1, 0.15) is 0 Å². The molecule has 0 unspecified atom stereocenters. The number of aliphatic hydroxyl groups is 2. The van der Waals surface area contributed by atoms with Crippen molar-refractivity contribution in [1.29, 1.82) is 0 Å². The first-order valence-corrected chi connectivity index (χ1v) is 2.82. The highest BCUT2D eigenvalue weighted by Crippen LogP contribution is 1.92. The average molecular weight is 130 g/mol. The maximum absolute atomic E-state index is 8.45. The molecule has 0 aromatic rings. The molecule has 4 heteroatoms. The lowest BCUT2D eigenvalue weighted by atomic mass is 10.6. The Kier molecular flexibility index (Phi) is 2.05. The van der Waals surface area contributed by atoms with Gasteiger partial charge in [-0.05, 0) is 0 Å². The molecule has 0 aromatic carbocycles. The summed E-state index contributed by atoms with van der Waals surface area (Å²) < 4.78 is 0. The Hall–Kier alpha value is -0.580. The molecule has 4 nitrogen and oxygen atoms in total. The van der Waals surface area contributed by atoms with E-state index in [9.17, 15) is 0 Å². The highest BCUT2D eigenvalue weighted by atomic mass is 16.5. The molecule has 1 heterocycles. The van der Waals surface area contributed by atoms with Crippen molar-refractivity contribution in [3.8, 4) is 0 Å². The minimum Gasteiger partial charge on any atom is -0.367 e. The summed E-state index contributed by atoms with van der Waals surface area (Å²) in [6, 6.07) is 0. The number of rotatable bonds is 2. The number of nitrogens with one attached hydrogen (secondary N) is 1. The molecule has 1 aliphatic heterocycles. The number of β-amino-alcohol motifs (C(OH)–C–C–N with tert-alkyl or cyclic N) is 2. The van der Waals surface area contributed by atoms with Gasteiger partial charge in [0.15, 0.2) is 6.29 Å². The second kappa shape index (κ2) is 2.82. The molecule has 0 aliphatic carbocycles. The summed E-state index contributed by atoms with van der Waals surface area (Å²) in [7, 11) is 0. The molecular weight excluding hydrogens is 120 g/mol. The van der Waals surface area contributed by atoms with Crippen LogP contribution in [0.2, 0.25) is 0 Å². The van der Waals surface area contributed by atoms with Crippen molar-refractivity contribution in [2.45, 2.75) is 6.29 Å². The van der Waals surface area contributed by atoms with Crippen LogP contribution in [0, 0.1) is 0 Å². The molecule has 0 aromatic heterocycles. The van der Waals surface area contributed by atoms with Crippen molar-refractivity contribution in [3.05, 3.63) is 12.3 Å². The van der Waals surface area contributed by atoms with Crippen LogP contribution in [0.5, 0.6) is 0 Å². The Morgan fingerprint density at radius 3 is 2.89 bits per heavy atom. The highest BCUT2D eigenvalue weighted by Gasteiger charge is 2.05. The van der Waals surface area contributed by atoms with E-state index in [-0.39, 0.29) is 6.54 Å².